The summed E-state index contributed by atoms with van der Waals surface area (Å²) in [7, 11) is 1.87. The van der Waals surface area contributed by atoms with E-state index in [1.807, 2.05) is 7.11 Å². The number of rotatable bonds is 3. The fourth-order valence-corrected chi connectivity index (χ4v) is 7.35. The van der Waals surface area contributed by atoms with Crippen LogP contribution in [0.4, 0.5) is 0 Å². The molecule has 6 unspecified atom stereocenters. The molecule has 2 nitrogen and oxygen atoms in total. The minimum Gasteiger partial charge on any atom is -0.390 e. The summed E-state index contributed by atoms with van der Waals surface area (Å²) in [6.45, 7) is 8.57. The van der Waals surface area contributed by atoms with E-state index < -0.39 is 5.60 Å². The fraction of sp³-hybridized carbons (Fsp3) is 0.826. The predicted molar refractivity (Wildman–Crippen MR) is 102 cm³/mol. The van der Waals surface area contributed by atoms with Crippen LogP contribution in [0.5, 0.6) is 0 Å². The Kier molecular flexibility index (Phi) is 4.44. The van der Waals surface area contributed by atoms with Crippen LogP contribution in [0.1, 0.15) is 71.6 Å². The Morgan fingerprint density at radius 3 is 2.76 bits per heavy atom. The van der Waals surface area contributed by atoms with Gasteiger partial charge in [0.1, 0.15) is 0 Å². The largest absolute Gasteiger partial charge is 0.390 e. The number of hydrogen-bond donors (Lipinski definition) is 1. The molecule has 0 aromatic rings. The van der Waals surface area contributed by atoms with Crippen molar-refractivity contribution in [3.63, 3.8) is 0 Å². The highest BCUT2D eigenvalue weighted by Crippen LogP contribution is 2.66. The molecule has 0 radical (unpaired) electrons. The van der Waals surface area contributed by atoms with Crippen molar-refractivity contribution in [1.29, 1.82) is 0 Å². The van der Waals surface area contributed by atoms with Crippen LogP contribution in [-0.4, -0.2) is 23.9 Å². The molecule has 0 bridgehead atoms. The number of allylic oxidation sites excluding steroid dienone is 2. The van der Waals surface area contributed by atoms with Gasteiger partial charge in [-0.3, -0.25) is 0 Å². The van der Waals surface area contributed by atoms with Gasteiger partial charge in [-0.05, 0) is 93.8 Å². The average molecular weight is 345 g/mol. The normalized spacial score (nSPS) is 49.4. The van der Waals surface area contributed by atoms with Crippen LogP contribution >= 0.6 is 0 Å². The smallest absolute Gasteiger partial charge is 0.0676 e. The number of methoxy groups -OCH3 is 1. The zero-order chi connectivity index (χ0) is 17.8. The molecule has 0 heterocycles. The van der Waals surface area contributed by atoms with Crippen LogP contribution < -0.4 is 0 Å². The first-order chi connectivity index (χ1) is 11.9. The van der Waals surface area contributed by atoms with E-state index in [1.165, 1.54) is 38.5 Å². The summed E-state index contributed by atoms with van der Waals surface area (Å²) in [4.78, 5) is 0. The van der Waals surface area contributed by atoms with E-state index in [4.69, 9.17) is 4.74 Å². The van der Waals surface area contributed by atoms with Crippen LogP contribution in [0.15, 0.2) is 23.8 Å². The van der Waals surface area contributed by atoms with Gasteiger partial charge in [0.05, 0.1) is 11.7 Å². The molecule has 2 fully saturated rings. The molecule has 4 rings (SSSR count). The predicted octanol–water partition coefficient (Wildman–Crippen LogP) is 5.27. The molecule has 2 heteroatoms. The van der Waals surface area contributed by atoms with Crippen molar-refractivity contribution >= 4 is 0 Å². The molecule has 0 aromatic carbocycles. The van der Waals surface area contributed by atoms with Crippen molar-refractivity contribution in [3.05, 3.63) is 23.8 Å². The number of aliphatic hydroxyl groups is 1. The standard InChI is InChI=1S/C23H36O2/c1-5-6-16-14-22(2)20(11-12-23(22,3)24)19-9-7-15-13-17(25-4)8-10-18(15)21(16)19/h5,16-17,19-21,24H,1,6-14H2,2-4H3/t16?,17?,19?,20?,21?,22?,23-/m0/s1. The lowest BCUT2D eigenvalue weighted by molar-refractivity contribution is -0.113. The first-order valence-electron chi connectivity index (χ1n) is 10.5. The Labute approximate surface area is 153 Å². The molecule has 0 spiro atoms. The zero-order valence-corrected chi connectivity index (χ0v) is 16.4. The van der Waals surface area contributed by atoms with Gasteiger partial charge in [0.15, 0.2) is 0 Å². The van der Waals surface area contributed by atoms with E-state index >= 15 is 0 Å². The molecular formula is C23H36O2. The summed E-state index contributed by atoms with van der Waals surface area (Å²) in [5.41, 5.74) is 3.11. The van der Waals surface area contributed by atoms with Crippen LogP contribution in [0.3, 0.4) is 0 Å². The van der Waals surface area contributed by atoms with E-state index in [0.717, 1.165) is 31.1 Å². The van der Waals surface area contributed by atoms with Gasteiger partial charge in [-0.15, -0.1) is 6.58 Å². The molecule has 140 valence electrons. The van der Waals surface area contributed by atoms with E-state index in [0.29, 0.717) is 17.9 Å². The van der Waals surface area contributed by atoms with Crippen molar-refractivity contribution in [2.75, 3.05) is 7.11 Å². The van der Waals surface area contributed by atoms with E-state index in [2.05, 4.69) is 26.5 Å². The first-order valence-corrected chi connectivity index (χ1v) is 10.5. The van der Waals surface area contributed by atoms with Crippen molar-refractivity contribution in [1.82, 2.24) is 0 Å². The van der Waals surface area contributed by atoms with Crippen LogP contribution in [0.25, 0.3) is 0 Å². The maximum atomic E-state index is 11.2. The van der Waals surface area contributed by atoms with Gasteiger partial charge < -0.3 is 9.84 Å². The van der Waals surface area contributed by atoms with E-state index in [1.54, 1.807) is 11.1 Å². The Balaban J connectivity index is 1.71. The molecule has 0 amide bonds. The molecule has 2 saturated carbocycles. The molecule has 4 aliphatic carbocycles. The second kappa shape index (κ2) is 6.23. The molecule has 0 saturated heterocycles. The summed E-state index contributed by atoms with van der Waals surface area (Å²) in [6, 6.07) is 0. The number of fused-ring (bicyclic) bond motifs is 4. The Morgan fingerprint density at radius 1 is 1.24 bits per heavy atom. The third-order valence-electron chi connectivity index (χ3n) is 8.81. The second-order valence-electron chi connectivity index (χ2n) is 9.78. The quantitative estimate of drug-likeness (QED) is 0.707. The maximum absolute atomic E-state index is 11.2. The molecule has 7 atom stereocenters. The van der Waals surface area contributed by atoms with Gasteiger partial charge in [0.25, 0.3) is 0 Å². The molecule has 25 heavy (non-hydrogen) atoms. The summed E-state index contributed by atoms with van der Waals surface area (Å²) in [5, 5.41) is 11.2. The maximum Gasteiger partial charge on any atom is 0.0676 e. The molecule has 0 aliphatic heterocycles. The van der Waals surface area contributed by atoms with Crippen molar-refractivity contribution in [2.45, 2.75) is 83.3 Å². The fourth-order valence-electron chi connectivity index (χ4n) is 7.35. The van der Waals surface area contributed by atoms with Gasteiger partial charge in [0, 0.05) is 7.11 Å². The highest BCUT2D eigenvalue weighted by Gasteiger charge is 2.61. The van der Waals surface area contributed by atoms with Gasteiger partial charge in [-0.1, -0.05) is 24.1 Å². The Bertz CT molecular complexity index is 575. The summed E-state index contributed by atoms with van der Waals surface area (Å²) < 4.78 is 5.68. The van der Waals surface area contributed by atoms with Crippen molar-refractivity contribution < 1.29 is 9.84 Å². The van der Waals surface area contributed by atoms with Crippen LogP contribution in [0, 0.1) is 29.1 Å². The molecular weight excluding hydrogens is 308 g/mol. The zero-order valence-electron chi connectivity index (χ0n) is 16.4. The van der Waals surface area contributed by atoms with E-state index in [-0.39, 0.29) is 5.41 Å². The minimum absolute atomic E-state index is 0.0869. The SMILES string of the molecule is C=CCC1CC2(C)C(CC[C@]2(C)O)C2CCC3=C(CCC(OC)C3)C12. The molecule has 4 aliphatic rings. The van der Waals surface area contributed by atoms with Gasteiger partial charge in [-0.2, -0.15) is 0 Å². The van der Waals surface area contributed by atoms with E-state index in [9.17, 15) is 5.11 Å². The Morgan fingerprint density at radius 2 is 2.04 bits per heavy atom. The lowest BCUT2D eigenvalue weighted by atomic mass is 9.49. The summed E-state index contributed by atoms with van der Waals surface area (Å²) in [6.07, 6.45) is 13.2. The van der Waals surface area contributed by atoms with Gasteiger partial charge >= 0.3 is 0 Å². The minimum atomic E-state index is -0.496. The third-order valence-corrected chi connectivity index (χ3v) is 8.81. The highest BCUT2D eigenvalue weighted by molar-refractivity contribution is 5.29. The summed E-state index contributed by atoms with van der Waals surface area (Å²) >= 11 is 0. The van der Waals surface area contributed by atoms with Gasteiger partial charge in [-0.25, -0.2) is 0 Å². The number of ether oxygens (including phenoxy) is 1. The third kappa shape index (κ3) is 2.58. The van der Waals surface area contributed by atoms with Crippen LogP contribution in [0.2, 0.25) is 0 Å². The number of hydrogen-bond acceptors (Lipinski definition) is 2. The van der Waals surface area contributed by atoms with Crippen molar-refractivity contribution in [3.8, 4) is 0 Å². The lowest BCUT2D eigenvalue weighted by Crippen LogP contribution is -2.53. The van der Waals surface area contributed by atoms with Crippen molar-refractivity contribution in [2.24, 2.45) is 29.1 Å². The lowest BCUT2D eigenvalue weighted by Gasteiger charge is -2.57. The average Bonchev–Trinajstić information content (AvgIpc) is 2.83. The molecule has 0 aromatic heterocycles. The topological polar surface area (TPSA) is 29.5 Å². The monoisotopic (exact) mass is 344 g/mol. The van der Waals surface area contributed by atoms with Crippen LogP contribution in [-0.2, 0) is 4.74 Å². The summed E-state index contributed by atoms with van der Waals surface area (Å²) in [5.74, 6) is 2.88. The second-order valence-corrected chi connectivity index (χ2v) is 9.78. The highest BCUT2D eigenvalue weighted by atomic mass is 16.5. The Hall–Kier alpha value is -0.600. The first kappa shape index (κ1) is 17.8. The van der Waals surface area contributed by atoms with Gasteiger partial charge in [0.2, 0.25) is 0 Å². The molecule has 1 N–H and O–H groups in total.